The Morgan fingerprint density at radius 3 is 2.15 bits per heavy atom. The van der Waals surface area contributed by atoms with Crippen LogP contribution in [0.4, 0.5) is 0 Å². The normalized spacial score (nSPS) is 24.4. The number of amides is 1. The number of hydrogen-bond donors (Lipinski definition) is 1. The van der Waals surface area contributed by atoms with Gasteiger partial charge in [-0.2, -0.15) is 0 Å². The standard InChI is InChI=1S/C21H29NO4/c1-15-2-8-18(9-3-15)26-19-10-12-22(13-11-19)20(23)14-16-4-6-17(7-5-16)21(24)25/h4-7,15,18-19H,2-3,8-14H2,1H3,(H,24,25). The molecule has 2 fully saturated rings. The Balaban J connectivity index is 1.42. The molecule has 1 saturated carbocycles. The monoisotopic (exact) mass is 359 g/mol. The Bertz CT molecular complexity index is 611. The van der Waals surface area contributed by atoms with E-state index in [1.54, 1.807) is 24.3 Å². The van der Waals surface area contributed by atoms with Gasteiger partial charge in [0.2, 0.25) is 5.91 Å². The average molecular weight is 359 g/mol. The Morgan fingerprint density at radius 1 is 1.00 bits per heavy atom. The summed E-state index contributed by atoms with van der Waals surface area (Å²) >= 11 is 0. The molecule has 2 aliphatic rings. The molecule has 1 N–H and O–H groups in total. The van der Waals surface area contributed by atoms with Crippen LogP contribution in [0.1, 0.15) is 61.4 Å². The second-order valence-electron chi connectivity index (χ2n) is 7.78. The summed E-state index contributed by atoms with van der Waals surface area (Å²) in [5.74, 6) is -0.00530. The van der Waals surface area contributed by atoms with Gasteiger partial charge in [-0.05, 0) is 62.1 Å². The SMILES string of the molecule is CC1CCC(OC2CCN(C(=O)Cc3ccc(C(=O)O)cc3)CC2)CC1. The van der Waals surface area contributed by atoms with Crippen LogP contribution in [0.25, 0.3) is 0 Å². The molecule has 0 atom stereocenters. The first-order valence-electron chi connectivity index (χ1n) is 9.76. The van der Waals surface area contributed by atoms with Crippen molar-refractivity contribution in [1.29, 1.82) is 0 Å². The average Bonchev–Trinajstić information content (AvgIpc) is 2.64. The summed E-state index contributed by atoms with van der Waals surface area (Å²) in [5.41, 5.74) is 1.10. The van der Waals surface area contributed by atoms with E-state index in [4.69, 9.17) is 9.84 Å². The van der Waals surface area contributed by atoms with Crippen molar-refractivity contribution >= 4 is 11.9 Å². The topological polar surface area (TPSA) is 66.8 Å². The second kappa shape index (κ2) is 8.67. The smallest absolute Gasteiger partial charge is 0.335 e. The van der Waals surface area contributed by atoms with Crippen LogP contribution in [0.15, 0.2) is 24.3 Å². The largest absolute Gasteiger partial charge is 0.478 e. The summed E-state index contributed by atoms with van der Waals surface area (Å²) in [6.45, 7) is 3.81. The molecule has 0 spiro atoms. The Labute approximate surface area is 155 Å². The first kappa shape index (κ1) is 18.9. The quantitative estimate of drug-likeness (QED) is 0.873. The zero-order chi connectivity index (χ0) is 18.5. The Morgan fingerprint density at radius 2 is 1.58 bits per heavy atom. The molecule has 3 rings (SSSR count). The third-order valence-corrected chi connectivity index (χ3v) is 5.70. The van der Waals surface area contributed by atoms with E-state index in [0.717, 1.165) is 37.4 Å². The number of piperidine rings is 1. The number of carbonyl (C=O) groups is 2. The molecule has 0 aromatic heterocycles. The number of carbonyl (C=O) groups excluding carboxylic acids is 1. The summed E-state index contributed by atoms with van der Waals surface area (Å²) in [7, 11) is 0. The van der Waals surface area contributed by atoms with Crippen molar-refractivity contribution in [3.8, 4) is 0 Å². The van der Waals surface area contributed by atoms with Crippen molar-refractivity contribution < 1.29 is 19.4 Å². The maximum atomic E-state index is 12.5. The van der Waals surface area contributed by atoms with E-state index in [2.05, 4.69) is 6.92 Å². The molecule has 26 heavy (non-hydrogen) atoms. The molecule has 1 aliphatic carbocycles. The summed E-state index contributed by atoms with van der Waals surface area (Å²) in [6, 6.07) is 6.55. The van der Waals surface area contributed by atoms with Crippen molar-refractivity contribution in [3.05, 3.63) is 35.4 Å². The van der Waals surface area contributed by atoms with Crippen LogP contribution >= 0.6 is 0 Å². The van der Waals surface area contributed by atoms with Crippen molar-refractivity contribution in [1.82, 2.24) is 4.90 Å². The third-order valence-electron chi connectivity index (χ3n) is 5.70. The number of carboxylic acids is 1. The highest BCUT2D eigenvalue weighted by molar-refractivity contribution is 5.87. The molecule has 0 unspecified atom stereocenters. The van der Waals surface area contributed by atoms with Crippen molar-refractivity contribution in [3.63, 3.8) is 0 Å². The lowest BCUT2D eigenvalue weighted by molar-refractivity contribution is -0.134. The predicted molar refractivity (Wildman–Crippen MR) is 99.2 cm³/mol. The number of ether oxygens (including phenoxy) is 1. The van der Waals surface area contributed by atoms with Crippen LogP contribution in [-0.2, 0) is 16.0 Å². The number of carboxylic acid groups (broad SMARTS) is 1. The van der Waals surface area contributed by atoms with Gasteiger partial charge in [-0.1, -0.05) is 19.1 Å². The van der Waals surface area contributed by atoms with Gasteiger partial charge in [-0.3, -0.25) is 4.79 Å². The molecule has 1 aromatic rings. The van der Waals surface area contributed by atoms with Gasteiger partial charge in [-0.25, -0.2) is 4.79 Å². The zero-order valence-corrected chi connectivity index (χ0v) is 15.5. The van der Waals surface area contributed by atoms with Gasteiger partial charge in [0, 0.05) is 13.1 Å². The number of likely N-dealkylation sites (tertiary alicyclic amines) is 1. The fourth-order valence-corrected chi connectivity index (χ4v) is 3.93. The van der Waals surface area contributed by atoms with Gasteiger partial charge in [0.15, 0.2) is 0 Å². The minimum Gasteiger partial charge on any atom is -0.478 e. The third kappa shape index (κ3) is 5.07. The number of aromatic carboxylic acids is 1. The van der Waals surface area contributed by atoms with E-state index in [-0.39, 0.29) is 17.6 Å². The van der Waals surface area contributed by atoms with Crippen LogP contribution in [-0.4, -0.2) is 47.2 Å². The maximum absolute atomic E-state index is 12.5. The number of benzene rings is 1. The molecular weight excluding hydrogens is 330 g/mol. The van der Waals surface area contributed by atoms with Crippen LogP contribution < -0.4 is 0 Å². The van der Waals surface area contributed by atoms with Gasteiger partial charge >= 0.3 is 5.97 Å². The highest BCUT2D eigenvalue weighted by Gasteiger charge is 2.27. The number of rotatable bonds is 5. The first-order valence-corrected chi connectivity index (χ1v) is 9.76. The summed E-state index contributed by atoms with van der Waals surface area (Å²) in [4.78, 5) is 25.3. The second-order valence-corrected chi connectivity index (χ2v) is 7.78. The van der Waals surface area contributed by atoms with E-state index in [0.29, 0.717) is 12.5 Å². The maximum Gasteiger partial charge on any atom is 0.335 e. The van der Waals surface area contributed by atoms with Crippen LogP contribution in [0, 0.1) is 5.92 Å². The molecule has 5 heteroatoms. The fourth-order valence-electron chi connectivity index (χ4n) is 3.93. The molecule has 0 radical (unpaired) electrons. The highest BCUT2D eigenvalue weighted by atomic mass is 16.5. The summed E-state index contributed by atoms with van der Waals surface area (Å²) < 4.78 is 6.27. The lowest BCUT2D eigenvalue weighted by Gasteiger charge is -2.35. The van der Waals surface area contributed by atoms with E-state index in [1.165, 1.54) is 25.7 Å². The van der Waals surface area contributed by atoms with E-state index in [1.807, 2.05) is 4.90 Å². The Kier molecular flexibility index (Phi) is 6.30. The molecule has 1 aromatic carbocycles. The summed E-state index contributed by atoms with van der Waals surface area (Å²) in [5, 5.41) is 8.93. The number of hydrogen-bond acceptors (Lipinski definition) is 3. The molecule has 142 valence electrons. The highest BCUT2D eigenvalue weighted by Crippen LogP contribution is 2.28. The molecule has 1 amide bonds. The minimum atomic E-state index is -0.947. The van der Waals surface area contributed by atoms with Gasteiger partial charge in [0.1, 0.15) is 0 Å². The van der Waals surface area contributed by atoms with E-state index in [9.17, 15) is 9.59 Å². The summed E-state index contributed by atoms with van der Waals surface area (Å²) in [6.07, 6.45) is 7.72. The molecule has 1 aliphatic heterocycles. The van der Waals surface area contributed by atoms with Crippen LogP contribution in [0.2, 0.25) is 0 Å². The van der Waals surface area contributed by atoms with Crippen molar-refractivity contribution in [2.24, 2.45) is 5.92 Å². The van der Waals surface area contributed by atoms with Gasteiger partial charge < -0.3 is 14.7 Å². The van der Waals surface area contributed by atoms with Crippen molar-refractivity contribution in [2.75, 3.05) is 13.1 Å². The zero-order valence-electron chi connectivity index (χ0n) is 15.5. The van der Waals surface area contributed by atoms with Gasteiger partial charge in [0.05, 0.1) is 24.2 Å². The van der Waals surface area contributed by atoms with Gasteiger partial charge in [-0.15, -0.1) is 0 Å². The fraction of sp³-hybridized carbons (Fsp3) is 0.619. The van der Waals surface area contributed by atoms with E-state index < -0.39 is 5.97 Å². The molecule has 1 heterocycles. The molecule has 5 nitrogen and oxygen atoms in total. The minimum absolute atomic E-state index is 0.109. The van der Waals surface area contributed by atoms with Crippen molar-refractivity contribution in [2.45, 2.75) is 64.1 Å². The predicted octanol–water partition coefficient (Wildman–Crippen LogP) is 3.51. The first-order chi connectivity index (χ1) is 12.5. The lowest BCUT2D eigenvalue weighted by Crippen LogP contribution is -2.42. The molecule has 1 saturated heterocycles. The molecule has 0 bridgehead atoms. The van der Waals surface area contributed by atoms with Crippen LogP contribution in [0.5, 0.6) is 0 Å². The molecular formula is C21H29NO4. The Hall–Kier alpha value is -1.88. The van der Waals surface area contributed by atoms with E-state index >= 15 is 0 Å². The van der Waals surface area contributed by atoms with Crippen LogP contribution in [0.3, 0.4) is 0 Å². The lowest BCUT2D eigenvalue weighted by atomic mass is 9.88. The van der Waals surface area contributed by atoms with Gasteiger partial charge in [0.25, 0.3) is 0 Å². The number of nitrogens with zero attached hydrogens (tertiary/aromatic N) is 1.